The van der Waals surface area contributed by atoms with Gasteiger partial charge in [0.25, 0.3) is 5.91 Å². The fourth-order valence-corrected chi connectivity index (χ4v) is 2.93. The van der Waals surface area contributed by atoms with E-state index in [0.717, 1.165) is 16.5 Å². The fraction of sp³-hybridized carbons (Fsp3) is 0.211. The summed E-state index contributed by atoms with van der Waals surface area (Å²) in [6, 6.07) is 8.95. The lowest BCUT2D eigenvalue weighted by molar-refractivity contribution is 0.0998. The van der Waals surface area contributed by atoms with Gasteiger partial charge >= 0.3 is 0 Å². The van der Waals surface area contributed by atoms with Crippen molar-refractivity contribution in [3.8, 4) is 11.5 Å². The number of ether oxygens (including phenoxy) is 2. The average molecular weight is 360 g/mol. The highest BCUT2D eigenvalue weighted by Crippen LogP contribution is 2.34. The van der Waals surface area contributed by atoms with Crippen molar-refractivity contribution in [3.05, 3.63) is 52.2 Å². The van der Waals surface area contributed by atoms with Crippen LogP contribution in [0.3, 0.4) is 0 Å². The molecule has 1 N–H and O–H groups in total. The molecule has 0 aliphatic carbocycles. The SMILES string of the molecule is COc1cc(C)c(NC(=O)c2oc3c(Cl)cccc3c2C)cc1OC. The van der Waals surface area contributed by atoms with Crippen LogP contribution in [0.2, 0.25) is 5.02 Å². The molecule has 0 aliphatic rings. The van der Waals surface area contributed by atoms with E-state index in [1.165, 1.54) is 0 Å². The highest BCUT2D eigenvalue weighted by molar-refractivity contribution is 6.35. The number of hydrogen-bond donors (Lipinski definition) is 1. The van der Waals surface area contributed by atoms with Gasteiger partial charge in [-0.05, 0) is 31.5 Å². The third kappa shape index (κ3) is 3.03. The minimum Gasteiger partial charge on any atom is -0.493 e. The van der Waals surface area contributed by atoms with Crippen LogP contribution in [0.1, 0.15) is 21.7 Å². The number of methoxy groups -OCH3 is 2. The number of aryl methyl sites for hydroxylation is 2. The predicted molar refractivity (Wildman–Crippen MR) is 98.2 cm³/mol. The summed E-state index contributed by atoms with van der Waals surface area (Å²) in [5.74, 6) is 1.02. The summed E-state index contributed by atoms with van der Waals surface area (Å²) in [4.78, 5) is 12.7. The molecule has 6 heteroatoms. The number of carbonyl (C=O) groups excluding carboxylic acids is 1. The smallest absolute Gasteiger partial charge is 0.291 e. The first-order valence-electron chi connectivity index (χ1n) is 7.67. The van der Waals surface area contributed by atoms with Crippen LogP contribution in [0, 0.1) is 13.8 Å². The third-order valence-electron chi connectivity index (χ3n) is 4.10. The molecule has 0 bridgehead atoms. The lowest BCUT2D eigenvalue weighted by atomic mass is 10.1. The first-order chi connectivity index (χ1) is 12.0. The van der Waals surface area contributed by atoms with E-state index in [4.69, 9.17) is 25.5 Å². The Labute approximate surface area is 150 Å². The highest BCUT2D eigenvalue weighted by Gasteiger charge is 2.20. The second-order valence-electron chi connectivity index (χ2n) is 5.65. The molecule has 0 atom stereocenters. The maximum Gasteiger partial charge on any atom is 0.291 e. The van der Waals surface area contributed by atoms with E-state index >= 15 is 0 Å². The standard InChI is InChI=1S/C19H18ClNO4/c1-10-8-15(23-3)16(24-4)9-14(10)21-19(22)17-11(2)12-6-5-7-13(20)18(12)25-17/h5-9H,1-4H3,(H,21,22). The Kier molecular flexibility index (Phi) is 4.59. The van der Waals surface area contributed by atoms with Gasteiger partial charge in [0.05, 0.1) is 19.2 Å². The zero-order valence-electron chi connectivity index (χ0n) is 14.4. The van der Waals surface area contributed by atoms with Crippen LogP contribution >= 0.6 is 11.6 Å². The van der Waals surface area contributed by atoms with Gasteiger partial charge < -0.3 is 19.2 Å². The Balaban J connectivity index is 1.98. The molecule has 1 aromatic heterocycles. The third-order valence-corrected chi connectivity index (χ3v) is 4.40. The quantitative estimate of drug-likeness (QED) is 0.714. The van der Waals surface area contributed by atoms with Gasteiger partial charge in [-0.2, -0.15) is 0 Å². The molecule has 1 amide bonds. The maximum atomic E-state index is 12.7. The Morgan fingerprint density at radius 3 is 2.44 bits per heavy atom. The molecule has 0 aliphatic heterocycles. The van der Waals surface area contributed by atoms with Crippen LogP contribution in [0.4, 0.5) is 5.69 Å². The van der Waals surface area contributed by atoms with Crippen molar-refractivity contribution in [2.75, 3.05) is 19.5 Å². The van der Waals surface area contributed by atoms with E-state index < -0.39 is 0 Å². The van der Waals surface area contributed by atoms with Crippen LogP contribution in [0.5, 0.6) is 11.5 Å². The molecule has 3 rings (SSSR count). The van der Waals surface area contributed by atoms with Crippen molar-refractivity contribution in [2.45, 2.75) is 13.8 Å². The average Bonchev–Trinajstić information content (AvgIpc) is 2.95. The van der Waals surface area contributed by atoms with E-state index in [0.29, 0.717) is 27.8 Å². The van der Waals surface area contributed by atoms with E-state index in [-0.39, 0.29) is 11.7 Å². The van der Waals surface area contributed by atoms with E-state index in [2.05, 4.69) is 5.32 Å². The molecule has 25 heavy (non-hydrogen) atoms. The van der Waals surface area contributed by atoms with Gasteiger partial charge in [0, 0.05) is 22.7 Å². The number of anilines is 1. The molecule has 0 saturated carbocycles. The van der Waals surface area contributed by atoms with Gasteiger partial charge in [-0.3, -0.25) is 4.79 Å². The number of furan rings is 1. The van der Waals surface area contributed by atoms with E-state index in [1.54, 1.807) is 32.4 Å². The topological polar surface area (TPSA) is 60.7 Å². The van der Waals surface area contributed by atoms with Crippen LogP contribution in [0.25, 0.3) is 11.0 Å². The molecule has 0 spiro atoms. The Morgan fingerprint density at radius 1 is 1.12 bits per heavy atom. The van der Waals surface area contributed by atoms with Crippen molar-refractivity contribution in [3.63, 3.8) is 0 Å². The van der Waals surface area contributed by atoms with Gasteiger partial charge in [0.1, 0.15) is 0 Å². The maximum absolute atomic E-state index is 12.7. The summed E-state index contributed by atoms with van der Waals surface area (Å²) in [5, 5.41) is 4.16. The molecular formula is C19H18ClNO4. The molecule has 130 valence electrons. The van der Waals surface area contributed by atoms with Gasteiger partial charge in [-0.1, -0.05) is 23.7 Å². The first kappa shape index (κ1) is 17.2. The number of amides is 1. The molecule has 0 fully saturated rings. The van der Waals surface area contributed by atoms with E-state index in [9.17, 15) is 4.79 Å². The van der Waals surface area contributed by atoms with Crippen molar-refractivity contribution in [2.24, 2.45) is 0 Å². The predicted octanol–water partition coefficient (Wildman–Crippen LogP) is 4.97. The molecular weight excluding hydrogens is 342 g/mol. The number of hydrogen-bond acceptors (Lipinski definition) is 4. The number of rotatable bonds is 4. The second kappa shape index (κ2) is 6.69. The molecule has 0 saturated heterocycles. The van der Waals surface area contributed by atoms with E-state index in [1.807, 2.05) is 26.0 Å². The Morgan fingerprint density at radius 2 is 1.80 bits per heavy atom. The lowest BCUT2D eigenvalue weighted by Gasteiger charge is -2.13. The minimum absolute atomic E-state index is 0.234. The first-order valence-corrected chi connectivity index (χ1v) is 8.05. The minimum atomic E-state index is -0.347. The number of carbonyl (C=O) groups is 1. The summed E-state index contributed by atoms with van der Waals surface area (Å²) in [6.07, 6.45) is 0. The number of nitrogens with one attached hydrogen (secondary N) is 1. The van der Waals surface area contributed by atoms with Crippen molar-refractivity contribution in [1.29, 1.82) is 0 Å². The fourth-order valence-electron chi connectivity index (χ4n) is 2.72. The summed E-state index contributed by atoms with van der Waals surface area (Å²) in [7, 11) is 3.11. The molecule has 2 aromatic carbocycles. The Bertz CT molecular complexity index is 962. The molecule has 0 radical (unpaired) electrons. The van der Waals surface area contributed by atoms with Crippen LogP contribution in [0.15, 0.2) is 34.7 Å². The summed E-state index contributed by atoms with van der Waals surface area (Å²) >= 11 is 6.15. The zero-order valence-corrected chi connectivity index (χ0v) is 15.2. The van der Waals surface area contributed by atoms with Crippen molar-refractivity contribution in [1.82, 2.24) is 0 Å². The summed E-state index contributed by atoms with van der Waals surface area (Å²) < 4.78 is 16.3. The van der Waals surface area contributed by atoms with Crippen molar-refractivity contribution >= 4 is 34.2 Å². The second-order valence-corrected chi connectivity index (χ2v) is 6.06. The number of para-hydroxylation sites is 1. The van der Waals surface area contributed by atoms with Gasteiger partial charge in [-0.15, -0.1) is 0 Å². The Hall–Kier alpha value is -2.66. The lowest BCUT2D eigenvalue weighted by Crippen LogP contribution is -2.13. The van der Waals surface area contributed by atoms with Crippen LogP contribution < -0.4 is 14.8 Å². The number of fused-ring (bicyclic) bond motifs is 1. The summed E-state index contributed by atoms with van der Waals surface area (Å²) in [5.41, 5.74) is 2.72. The summed E-state index contributed by atoms with van der Waals surface area (Å²) in [6.45, 7) is 3.71. The van der Waals surface area contributed by atoms with Gasteiger partial charge in [-0.25, -0.2) is 0 Å². The normalized spacial score (nSPS) is 10.8. The largest absolute Gasteiger partial charge is 0.493 e. The van der Waals surface area contributed by atoms with Crippen molar-refractivity contribution < 1.29 is 18.7 Å². The molecule has 0 unspecified atom stereocenters. The van der Waals surface area contributed by atoms with Crippen LogP contribution in [-0.4, -0.2) is 20.1 Å². The highest BCUT2D eigenvalue weighted by atomic mass is 35.5. The van der Waals surface area contributed by atoms with Gasteiger partial charge in [0.15, 0.2) is 22.8 Å². The van der Waals surface area contributed by atoms with Crippen LogP contribution in [-0.2, 0) is 0 Å². The molecule has 3 aromatic rings. The zero-order chi connectivity index (χ0) is 18.1. The number of halogens is 1. The molecule has 1 heterocycles. The van der Waals surface area contributed by atoms with Gasteiger partial charge in [0.2, 0.25) is 0 Å². The molecule has 5 nitrogen and oxygen atoms in total. The number of benzene rings is 2. The monoisotopic (exact) mass is 359 g/mol.